The van der Waals surface area contributed by atoms with Crippen molar-refractivity contribution in [1.82, 2.24) is 15.6 Å². The average molecular weight is 393 g/mol. The lowest BCUT2D eigenvalue weighted by atomic mass is 9.98. The van der Waals surface area contributed by atoms with Crippen molar-refractivity contribution in [3.63, 3.8) is 0 Å². The molecule has 1 aliphatic rings. The van der Waals surface area contributed by atoms with Crippen molar-refractivity contribution in [2.75, 3.05) is 32.6 Å². The van der Waals surface area contributed by atoms with E-state index >= 15 is 0 Å². The number of aromatic nitrogens is 1. The van der Waals surface area contributed by atoms with Gasteiger partial charge in [-0.1, -0.05) is 18.3 Å². The lowest BCUT2D eigenvalue weighted by molar-refractivity contribution is 0.470. The summed E-state index contributed by atoms with van der Waals surface area (Å²) in [6.45, 7) is 2.96. The smallest absolute Gasteiger partial charge is 0.108 e. The van der Waals surface area contributed by atoms with E-state index < -0.39 is 10.1 Å². The fourth-order valence-electron chi connectivity index (χ4n) is 2.04. The van der Waals surface area contributed by atoms with Crippen LogP contribution in [0.2, 0.25) is 0 Å². The zero-order valence-electron chi connectivity index (χ0n) is 14.5. The van der Waals surface area contributed by atoms with Gasteiger partial charge in [-0.3, -0.25) is 4.98 Å². The molecule has 0 aromatic carbocycles. The van der Waals surface area contributed by atoms with E-state index in [2.05, 4.69) is 28.6 Å². The summed E-state index contributed by atoms with van der Waals surface area (Å²) in [5.74, 6) is 1.17. The van der Waals surface area contributed by atoms with Crippen LogP contribution < -0.4 is 10.6 Å². The van der Waals surface area contributed by atoms with Gasteiger partial charge in [-0.2, -0.15) is 0 Å². The number of thioether (sulfide) groups is 1. The molecular formula is C15H26N3O3S3-. The topological polar surface area (TPSA) is 94.2 Å². The van der Waals surface area contributed by atoms with Gasteiger partial charge >= 0.3 is 0 Å². The molecule has 2 heterocycles. The Morgan fingerprint density at radius 3 is 2.42 bits per heavy atom. The summed E-state index contributed by atoms with van der Waals surface area (Å²) in [7, 11) is -0.167. The second kappa shape index (κ2) is 11.8. The lowest BCUT2D eigenvalue weighted by Crippen LogP contribution is -2.39. The molecule has 0 bridgehead atoms. The van der Waals surface area contributed by atoms with Crippen molar-refractivity contribution in [2.45, 2.75) is 24.5 Å². The number of rotatable bonds is 3. The molecule has 0 aliphatic carbocycles. The van der Waals surface area contributed by atoms with Crippen LogP contribution in [-0.2, 0) is 14.9 Å². The molecule has 2 N–H and O–H groups in total. The Morgan fingerprint density at radius 2 is 2.04 bits per heavy atom. The van der Waals surface area contributed by atoms with Crippen molar-refractivity contribution in [3.8, 4) is 0 Å². The van der Waals surface area contributed by atoms with Gasteiger partial charge in [0.1, 0.15) is 4.75 Å². The molecule has 1 aliphatic heterocycles. The molecule has 1 saturated heterocycles. The van der Waals surface area contributed by atoms with Crippen molar-refractivity contribution < 1.29 is 13.0 Å². The van der Waals surface area contributed by atoms with Crippen LogP contribution in [0.4, 0.5) is 0 Å². The first-order valence-electron chi connectivity index (χ1n) is 7.54. The molecule has 138 valence electrons. The summed E-state index contributed by atoms with van der Waals surface area (Å²) >= 11 is 7.46. The van der Waals surface area contributed by atoms with Gasteiger partial charge in [-0.15, -0.1) is 11.8 Å². The highest BCUT2D eigenvalue weighted by molar-refractivity contribution is 8.02. The van der Waals surface area contributed by atoms with Crippen molar-refractivity contribution in [3.05, 3.63) is 30.1 Å². The Balaban J connectivity index is 0.000000559. The van der Waals surface area contributed by atoms with Crippen LogP contribution in [0, 0.1) is 0 Å². The first-order valence-corrected chi connectivity index (χ1v) is 10.8. The zero-order chi connectivity index (χ0) is 18.6. The van der Waals surface area contributed by atoms with Crippen molar-refractivity contribution in [2.24, 2.45) is 0 Å². The van der Waals surface area contributed by atoms with Gasteiger partial charge in [0.05, 0.1) is 20.8 Å². The Labute approximate surface area is 155 Å². The predicted octanol–water partition coefficient (Wildman–Crippen LogP) is 1.74. The summed E-state index contributed by atoms with van der Waals surface area (Å²) in [4.78, 5) is 5.43. The normalized spacial score (nSPS) is 19.4. The Morgan fingerprint density at radius 1 is 1.46 bits per heavy atom. The quantitative estimate of drug-likeness (QED) is 0.593. The summed E-state index contributed by atoms with van der Waals surface area (Å²) in [5.41, 5.74) is 1.10. The minimum atomic E-state index is -3.92. The highest BCUT2D eigenvalue weighted by atomic mass is 32.2. The number of thiocarbonyl (C=S) groups is 1. The van der Waals surface area contributed by atoms with Gasteiger partial charge in [-0.25, -0.2) is 8.42 Å². The number of nitrogens with one attached hydrogen (secondary N) is 2. The second-order valence-corrected chi connectivity index (χ2v) is 8.27. The highest BCUT2D eigenvalue weighted by Gasteiger charge is 2.41. The van der Waals surface area contributed by atoms with E-state index in [1.54, 1.807) is 0 Å². The monoisotopic (exact) mass is 392 g/mol. The SMILES string of the molecule is CCNC(=S)C1(c2ccccn2)CCCS1.CNC.CS(=O)(=O)[O-]. The summed E-state index contributed by atoms with van der Waals surface area (Å²) in [6.07, 6.45) is 4.77. The first-order chi connectivity index (χ1) is 11.2. The molecule has 1 unspecified atom stereocenters. The molecule has 0 saturated carbocycles. The number of hydrogen-bond donors (Lipinski definition) is 2. The highest BCUT2D eigenvalue weighted by Crippen LogP contribution is 2.46. The van der Waals surface area contributed by atoms with Crippen LogP contribution in [0.1, 0.15) is 25.5 Å². The fraction of sp³-hybridized carbons (Fsp3) is 0.600. The minimum Gasteiger partial charge on any atom is -0.748 e. The summed E-state index contributed by atoms with van der Waals surface area (Å²) in [5, 5.41) is 6.05. The van der Waals surface area contributed by atoms with Gasteiger partial charge in [-0.05, 0) is 51.7 Å². The maximum Gasteiger partial charge on any atom is 0.108 e. The lowest BCUT2D eigenvalue weighted by Gasteiger charge is -2.28. The van der Waals surface area contributed by atoms with Gasteiger partial charge in [0.2, 0.25) is 0 Å². The molecule has 0 amide bonds. The van der Waals surface area contributed by atoms with E-state index in [-0.39, 0.29) is 4.75 Å². The molecule has 1 fully saturated rings. The number of pyridine rings is 1. The van der Waals surface area contributed by atoms with E-state index in [4.69, 9.17) is 25.2 Å². The molecule has 1 atom stereocenters. The standard InChI is InChI=1S/C12H16N2S2.C2H7N.CH4O3S/c1-2-13-11(15)12(7-5-9-16-12)10-6-3-4-8-14-10;1-3-2;1-5(2,3)4/h3-4,6,8H,2,5,7,9H2,1H3,(H,13,15);3H,1-2H3;1H3,(H,2,3,4)/p-1. The first kappa shape index (κ1) is 23.3. The van der Waals surface area contributed by atoms with E-state index in [1.165, 1.54) is 12.2 Å². The molecule has 2 rings (SSSR count). The van der Waals surface area contributed by atoms with Crippen LogP contribution in [0.3, 0.4) is 0 Å². The van der Waals surface area contributed by atoms with Gasteiger partial charge < -0.3 is 15.2 Å². The van der Waals surface area contributed by atoms with Crippen LogP contribution in [-0.4, -0.2) is 55.6 Å². The van der Waals surface area contributed by atoms with Gasteiger partial charge in [0.25, 0.3) is 0 Å². The zero-order valence-corrected chi connectivity index (χ0v) is 17.0. The molecule has 9 heteroatoms. The van der Waals surface area contributed by atoms with Gasteiger partial charge in [0.15, 0.2) is 0 Å². The van der Waals surface area contributed by atoms with Crippen LogP contribution in [0.5, 0.6) is 0 Å². The molecule has 24 heavy (non-hydrogen) atoms. The maximum absolute atomic E-state index is 9.08. The molecule has 0 radical (unpaired) electrons. The van der Waals surface area contributed by atoms with E-state index in [0.717, 1.165) is 23.6 Å². The Hall–Kier alpha value is -0.740. The van der Waals surface area contributed by atoms with Gasteiger partial charge in [0, 0.05) is 19.0 Å². The third kappa shape index (κ3) is 8.93. The number of nitrogens with zero attached hydrogens (tertiary/aromatic N) is 1. The van der Waals surface area contributed by atoms with E-state index in [0.29, 0.717) is 6.26 Å². The van der Waals surface area contributed by atoms with Crippen LogP contribution in [0.15, 0.2) is 24.4 Å². The summed E-state index contributed by atoms with van der Waals surface area (Å²) in [6, 6.07) is 6.08. The van der Waals surface area contributed by atoms with Crippen LogP contribution >= 0.6 is 24.0 Å². The number of likely N-dealkylation sites (N-methyl/N-ethyl adjacent to an activating group) is 1. The average Bonchev–Trinajstić information content (AvgIpc) is 2.98. The molecule has 6 nitrogen and oxygen atoms in total. The Bertz CT molecular complexity index is 566. The third-order valence-corrected chi connectivity index (χ3v) is 5.03. The van der Waals surface area contributed by atoms with E-state index in [1.807, 2.05) is 44.2 Å². The second-order valence-electron chi connectivity index (χ2n) is 5.06. The maximum atomic E-state index is 9.08. The number of hydrogen-bond acceptors (Lipinski definition) is 7. The summed E-state index contributed by atoms with van der Waals surface area (Å²) < 4.78 is 27.2. The van der Waals surface area contributed by atoms with Crippen LogP contribution in [0.25, 0.3) is 0 Å². The van der Waals surface area contributed by atoms with E-state index in [9.17, 15) is 0 Å². The van der Waals surface area contributed by atoms with Crippen molar-refractivity contribution >= 4 is 39.1 Å². The molecule has 1 aromatic rings. The third-order valence-electron chi connectivity index (χ3n) is 2.80. The fourth-order valence-corrected chi connectivity index (χ4v) is 3.97. The predicted molar refractivity (Wildman–Crippen MR) is 104 cm³/mol. The molecule has 1 aromatic heterocycles. The largest absolute Gasteiger partial charge is 0.748 e. The molecule has 0 spiro atoms. The van der Waals surface area contributed by atoms with Crippen molar-refractivity contribution in [1.29, 1.82) is 0 Å². The Kier molecular flexibility index (Phi) is 11.4. The molecular weight excluding hydrogens is 366 g/mol. The minimum absolute atomic E-state index is 0.0768.